The van der Waals surface area contributed by atoms with Gasteiger partial charge in [-0.15, -0.1) is 0 Å². The molecule has 1 aromatic heterocycles. The molecule has 2 aromatic rings. The lowest BCUT2D eigenvalue weighted by molar-refractivity contribution is 0.394. The Bertz CT molecular complexity index is 905. The maximum atomic E-state index is 11.7. The molecule has 0 radical (unpaired) electrons. The Morgan fingerprint density at radius 2 is 1.94 bits per heavy atom. The molecule has 1 fully saturated rings. The van der Waals surface area contributed by atoms with E-state index in [4.69, 9.17) is 9.47 Å². The smallest absolute Gasteiger partial charge is 0.250 e. The minimum absolute atomic E-state index is 0.0485. The van der Waals surface area contributed by atoms with Gasteiger partial charge in [0, 0.05) is 75.4 Å². The maximum absolute atomic E-state index is 11.7. The van der Waals surface area contributed by atoms with Gasteiger partial charge in [0.05, 0.1) is 14.2 Å². The average Bonchev–Trinajstić information content (AvgIpc) is 3.27. The van der Waals surface area contributed by atoms with Crippen LogP contribution in [-0.4, -0.2) is 57.5 Å². The van der Waals surface area contributed by atoms with Crippen molar-refractivity contribution in [3.8, 4) is 11.5 Å². The summed E-state index contributed by atoms with van der Waals surface area (Å²) in [6.07, 6.45) is 4.75. The molecule has 0 amide bonds. The summed E-state index contributed by atoms with van der Waals surface area (Å²) in [4.78, 5) is 18.4. The maximum Gasteiger partial charge on any atom is 0.250 e. The number of unbranched alkanes of at least 4 members (excludes halogenated alkanes) is 1. The highest BCUT2D eigenvalue weighted by molar-refractivity contribution is 5.80. The first-order valence-electron chi connectivity index (χ1n) is 10.7. The van der Waals surface area contributed by atoms with Gasteiger partial charge in [0.1, 0.15) is 11.5 Å². The number of nitrogens with one attached hydrogen (secondary N) is 2. The molecule has 31 heavy (non-hydrogen) atoms. The van der Waals surface area contributed by atoms with Gasteiger partial charge in [0.25, 0.3) is 0 Å². The van der Waals surface area contributed by atoms with Crippen molar-refractivity contribution >= 4 is 11.6 Å². The lowest BCUT2D eigenvalue weighted by Crippen LogP contribution is -2.44. The number of hydrogen-bond donors (Lipinski definition) is 2. The number of rotatable bonds is 9. The minimum Gasteiger partial charge on any atom is -0.497 e. The van der Waals surface area contributed by atoms with Crippen LogP contribution in [0.15, 0.2) is 52.4 Å². The summed E-state index contributed by atoms with van der Waals surface area (Å²) in [5.41, 5.74) is 1.15. The van der Waals surface area contributed by atoms with Crippen LogP contribution < -0.4 is 30.6 Å². The van der Waals surface area contributed by atoms with Crippen LogP contribution in [0.5, 0.6) is 11.5 Å². The first-order valence-corrected chi connectivity index (χ1v) is 10.7. The van der Waals surface area contributed by atoms with Crippen molar-refractivity contribution in [3.63, 3.8) is 0 Å². The van der Waals surface area contributed by atoms with Crippen molar-refractivity contribution in [2.45, 2.75) is 31.8 Å². The van der Waals surface area contributed by atoms with Crippen molar-refractivity contribution in [2.75, 3.05) is 45.8 Å². The largest absolute Gasteiger partial charge is 0.497 e. The molecule has 8 heteroatoms. The minimum atomic E-state index is 0.0485. The van der Waals surface area contributed by atoms with Gasteiger partial charge in [-0.1, -0.05) is 6.07 Å². The summed E-state index contributed by atoms with van der Waals surface area (Å²) in [7, 11) is 5.12. The molecular formula is C23H33N5O3. The van der Waals surface area contributed by atoms with Gasteiger partial charge in [-0.25, -0.2) is 0 Å². The van der Waals surface area contributed by atoms with Crippen molar-refractivity contribution in [2.24, 2.45) is 4.99 Å². The average molecular weight is 428 g/mol. The number of aryl methyl sites for hydroxylation is 1. The number of anilines is 1. The molecule has 1 saturated heterocycles. The van der Waals surface area contributed by atoms with Crippen LogP contribution in [0, 0.1) is 0 Å². The normalized spacial score (nSPS) is 16.3. The number of methoxy groups -OCH3 is 2. The van der Waals surface area contributed by atoms with E-state index in [2.05, 4.69) is 20.5 Å². The van der Waals surface area contributed by atoms with Crippen molar-refractivity contribution < 1.29 is 9.47 Å². The van der Waals surface area contributed by atoms with Gasteiger partial charge < -0.3 is 29.6 Å². The highest BCUT2D eigenvalue weighted by atomic mass is 16.5. The fourth-order valence-electron chi connectivity index (χ4n) is 3.73. The van der Waals surface area contributed by atoms with Crippen LogP contribution in [-0.2, 0) is 6.54 Å². The van der Waals surface area contributed by atoms with Gasteiger partial charge in [-0.2, -0.15) is 0 Å². The lowest BCUT2D eigenvalue weighted by atomic mass is 10.2. The zero-order valence-electron chi connectivity index (χ0n) is 18.6. The zero-order chi connectivity index (χ0) is 22.1. The molecule has 168 valence electrons. The Labute approximate surface area is 183 Å². The summed E-state index contributed by atoms with van der Waals surface area (Å²) in [5.74, 6) is 2.40. The predicted octanol–water partition coefficient (Wildman–Crippen LogP) is 2.09. The van der Waals surface area contributed by atoms with E-state index in [1.807, 2.05) is 30.5 Å². The second kappa shape index (κ2) is 11.3. The van der Waals surface area contributed by atoms with E-state index in [0.717, 1.165) is 68.6 Å². The number of benzene rings is 1. The van der Waals surface area contributed by atoms with Gasteiger partial charge >= 0.3 is 0 Å². The molecule has 0 spiro atoms. The molecule has 2 heterocycles. The summed E-state index contributed by atoms with van der Waals surface area (Å²) in [6.45, 7) is 3.38. The van der Waals surface area contributed by atoms with Crippen LogP contribution >= 0.6 is 0 Å². The summed E-state index contributed by atoms with van der Waals surface area (Å²) in [6, 6.07) is 11.5. The third-order valence-corrected chi connectivity index (χ3v) is 5.47. The van der Waals surface area contributed by atoms with Crippen molar-refractivity contribution in [1.29, 1.82) is 0 Å². The predicted molar refractivity (Wildman–Crippen MR) is 125 cm³/mol. The molecule has 1 aliphatic rings. The van der Waals surface area contributed by atoms with E-state index in [1.165, 1.54) is 0 Å². The molecule has 8 nitrogen and oxygen atoms in total. The Morgan fingerprint density at radius 1 is 1.16 bits per heavy atom. The first kappa shape index (κ1) is 22.5. The second-order valence-electron chi connectivity index (χ2n) is 7.59. The third-order valence-electron chi connectivity index (χ3n) is 5.47. The number of pyridine rings is 1. The molecule has 0 saturated carbocycles. The van der Waals surface area contributed by atoms with E-state index >= 15 is 0 Å². The summed E-state index contributed by atoms with van der Waals surface area (Å²) in [5, 5.41) is 6.90. The van der Waals surface area contributed by atoms with Crippen LogP contribution in [0.3, 0.4) is 0 Å². The van der Waals surface area contributed by atoms with Crippen LogP contribution in [0.2, 0.25) is 0 Å². The van der Waals surface area contributed by atoms with Crippen LogP contribution in [0.4, 0.5) is 5.69 Å². The van der Waals surface area contributed by atoms with Crippen molar-refractivity contribution in [3.05, 3.63) is 52.9 Å². The second-order valence-corrected chi connectivity index (χ2v) is 7.59. The zero-order valence-corrected chi connectivity index (χ0v) is 18.6. The van der Waals surface area contributed by atoms with Gasteiger partial charge in [-0.05, 0) is 25.3 Å². The van der Waals surface area contributed by atoms with Gasteiger partial charge in [0.15, 0.2) is 5.96 Å². The number of guanidine groups is 1. The molecular weight excluding hydrogens is 394 g/mol. The summed E-state index contributed by atoms with van der Waals surface area (Å²) < 4.78 is 12.5. The van der Waals surface area contributed by atoms with Crippen molar-refractivity contribution in [1.82, 2.24) is 15.2 Å². The molecule has 1 aliphatic heterocycles. The molecule has 0 aliphatic carbocycles. The quantitative estimate of drug-likeness (QED) is 0.362. The van der Waals surface area contributed by atoms with E-state index < -0.39 is 0 Å². The number of nitrogens with zero attached hydrogens (tertiary/aromatic N) is 3. The number of aliphatic imine (C=N–C) groups is 1. The molecule has 0 bridgehead atoms. The fourth-order valence-corrected chi connectivity index (χ4v) is 3.73. The van der Waals surface area contributed by atoms with E-state index in [9.17, 15) is 4.79 Å². The number of ether oxygens (including phenoxy) is 2. The topological polar surface area (TPSA) is 80.1 Å². The third kappa shape index (κ3) is 6.41. The van der Waals surface area contributed by atoms with E-state index in [-0.39, 0.29) is 5.56 Å². The number of hydrogen-bond acceptors (Lipinski definition) is 5. The standard InChI is InChI=1S/C23H33N5O3/c1-24-23(25-10-5-7-12-27-11-6-4-8-22(27)29)26-18-9-13-28(17-18)19-14-20(30-2)16-21(15-19)31-3/h4,6,8,11,14-16,18H,5,7,9-10,12-13,17H2,1-3H3,(H2,24,25,26). The molecule has 2 N–H and O–H groups in total. The van der Waals surface area contributed by atoms with Gasteiger partial charge in [-0.3, -0.25) is 9.79 Å². The van der Waals surface area contributed by atoms with E-state index in [1.54, 1.807) is 38.0 Å². The molecule has 1 aromatic carbocycles. The van der Waals surface area contributed by atoms with Crippen LogP contribution in [0.25, 0.3) is 0 Å². The molecule has 1 atom stereocenters. The monoisotopic (exact) mass is 427 g/mol. The number of aromatic nitrogens is 1. The molecule has 3 rings (SSSR count). The first-order chi connectivity index (χ1) is 15.1. The molecule has 1 unspecified atom stereocenters. The van der Waals surface area contributed by atoms with Gasteiger partial charge in [0.2, 0.25) is 5.56 Å². The van der Waals surface area contributed by atoms with E-state index in [0.29, 0.717) is 6.04 Å². The van der Waals surface area contributed by atoms with Crippen LogP contribution in [0.1, 0.15) is 19.3 Å². The SMILES string of the molecule is CN=C(NCCCCn1ccccc1=O)NC1CCN(c2cc(OC)cc(OC)c2)C1. The fraction of sp³-hybridized carbons (Fsp3) is 0.478. The Kier molecular flexibility index (Phi) is 8.20. The lowest BCUT2D eigenvalue weighted by Gasteiger charge is -2.21. The summed E-state index contributed by atoms with van der Waals surface area (Å²) >= 11 is 0. The Morgan fingerprint density at radius 3 is 2.61 bits per heavy atom. The Hall–Kier alpha value is -3.16. The Balaban J connectivity index is 1.43. The highest BCUT2D eigenvalue weighted by Crippen LogP contribution is 2.30. The highest BCUT2D eigenvalue weighted by Gasteiger charge is 2.24.